The third-order valence-electron chi connectivity index (χ3n) is 4.81. The van der Waals surface area contributed by atoms with Crippen molar-refractivity contribution in [2.24, 2.45) is 5.92 Å². The van der Waals surface area contributed by atoms with Crippen LogP contribution in [0.5, 0.6) is 0 Å². The minimum atomic E-state index is 0.373. The molecule has 2 saturated heterocycles. The molecule has 0 atom stereocenters. The van der Waals surface area contributed by atoms with Gasteiger partial charge in [-0.3, -0.25) is 9.69 Å². The molecule has 0 radical (unpaired) electrons. The average molecular weight is 265 g/mol. The number of hydrogen-bond donors (Lipinski definition) is 1. The normalized spacial score (nSPS) is 25.2. The van der Waals surface area contributed by atoms with E-state index in [-0.39, 0.29) is 0 Å². The van der Waals surface area contributed by atoms with Gasteiger partial charge in [0, 0.05) is 25.7 Å². The highest BCUT2D eigenvalue weighted by atomic mass is 16.2. The van der Waals surface area contributed by atoms with Crippen LogP contribution in [0.25, 0.3) is 0 Å². The van der Waals surface area contributed by atoms with Crippen LogP contribution in [0.4, 0.5) is 0 Å². The zero-order valence-corrected chi connectivity index (χ0v) is 11.9. The smallest absolute Gasteiger partial charge is 0.236 e. The fourth-order valence-corrected chi connectivity index (χ4v) is 3.42. The highest BCUT2D eigenvalue weighted by Gasteiger charge is 2.33. The summed E-state index contributed by atoms with van der Waals surface area (Å²) >= 11 is 0. The SMILES string of the molecule is O=C(CN(CC1CCNCC1)C1CC1)N1CCCC1. The molecule has 0 aromatic rings. The van der Waals surface area contributed by atoms with E-state index >= 15 is 0 Å². The summed E-state index contributed by atoms with van der Waals surface area (Å²) in [6, 6.07) is 0.710. The van der Waals surface area contributed by atoms with E-state index in [0.717, 1.165) is 38.6 Å². The number of hydrogen-bond acceptors (Lipinski definition) is 3. The van der Waals surface area contributed by atoms with E-state index < -0.39 is 0 Å². The molecular formula is C15H27N3O. The lowest BCUT2D eigenvalue weighted by Gasteiger charge is -2.30. The second-order valence-electron chi connectivity index (χ2n) is 6.44. The van der Waals surface area contributed by atoms with Crippen LogP contribution >= 0.6 is 0 Å². The summed E-state index contributed by atoms with van der Waals surface area (Å²) in [7, 11) is 0. The first-order valence-electron chi connectivity index (χ1n) is 8.05. The maximum Gasteiger partial charge on any atom is 0.236 e. The molecular weight excluding hydrogens is 238 g/mol. The van der Waals surface area contributed by atoms with Gasteiger partial charge in [-0.25, -0.2) is 0 Å². The second-order valence-corrected chi connectivity index (χ2v) is 6.44. The van der Waals surface area contributed by atoms with E-state index in [1.165, 1.54) is 38.5 Å². The molecule has 3 aliphatic rings. The summed E-state index contributed by atoms with van der Waals surface area (Å²) in [4.78, 5) is 16.9. The fourth-order valence-electron chi connectivity index (χ4n) is 3.42. The number of amides is 1. The highest BCUT2D eigenvalue weighted by Crippen LogP contribution is 2.29. The highest BCUT2D eigenvalue weighted by molar-refractivity contribution is 5.78. The molecule has 0 unspecified atom stereocenters. The minimum absolute atomic E-state index is 0.373. The topological polar surface area (TPSA) is 35.6 Å². The van der Waals surface area contributed by atoms with Crippen molar-refractivity contribution in [1.82, 2.24) is 15.1 Å². The fraction of sp³-hybridized carbons (Fsp3) is 0.933. The lowest BCUT2D eigenvalue weighted by molar-refractivity contribution is -0.131. The van der Waals surface area contributed by atoms with Gasteiger partial charge >= 0.3 is 0 Å². The summed E-state index contributed by atoms with van der Waals surface area (Å²) in [5.74, 6) is 1.17. The molecule has 3 rings (SSSR count). The summed E-state index contributed by atoms with van der Waals surface area (Å²) in [5.41, 5.74) is 0. The zero-order valence-electron chi connectivity index (χ0n) is 11.9. The van der Waals surface area contributed by atoms with Crippen LogP contribution in [-0.2, 0) is 4.79 Å². The Bertz CT molecular complexity index is 305. The Hall–Kier alpha value is -0.610. The van der Waals surface area contributed by atoms with Gasteiger partial charge in [-0.1, -0.05) is 0 Å². The predicted molar refractivity (Wildman–Crippen MR) is 76.0 cm³/mol. The van der Waals surface area contributed by atoms with E-state index in [9.17, 15) is 4.79 Å². The van der Waals surface area contributed by atoms with Crippen molar-refractivity contribution in [3.05, 3.63) is 0 Å². The Balaban J connectivity index is 1.50. The summed E-state index contributed by atoms with van der Waals surface area (Å²) < 4.78 is 0. The van der Waals surface area contributed by atoms with Gasteiger partial charge in [0.15, 0.2) is 0 Å². The average Bonchev–Trinajstić information content (AvgIpc) is 3.13. The Morgan fingerprint density at radius 1 is 1.11 bits per heavy atom. The summed E-state index contributed by atoms with van der Waals surface area (Å²) in [6.07, 6.45) is 7.56. The van der Waals surface area contributed by atoms with Crippen LogP contribution < -0.4 is 5.32 Å². The number of nitrogens with zero attached hydrogens (tertiary/aromatic N) is 2. The molecule has 0 aromatic heterocycles. The predicted octanol–water partition coefficient (Wildman–Crippen LogP) is 1.07. The first-order valence-corrected chi connectivity index (χ1v) is 8.05. The summed E-state index contributed by atoms with van der Waals surface area (Å²) in [6.45, 7) is 6.11. The number of piperidine rings is 1. The molecule has 4 nitrogen and oxygen atoms in total. The zero-order chi connectivity index (χ0) is 13.1. The quantitative estimate of drug-likeness (QED) is 0.808. The molecule has 2 heterocycles. The van der Waals surface area contributed by atoms with Crippen LogP contribution in [0.15, 0.2) is 0 Å². The molecule has 3 fully saturated rings. The molecule has 1 N–H and O–H groups in total. The van der Waals surface area contributed by atoms with Gasteiger partial charge in [-0.15, -0.1) is 0 Å². The Labute approximate surface area is 116 Å². The van der Waals surface area contributed by atoms with Crippen LogP contribution in [0, 0.1) is 5.92 Å². The van der Waals surface area contributed by atoms with Gasteiger partial charge < -0.3 is 10.2 Å². The van der Waals surface area contributed by atoms with E-state index in [1.807, 2.05) is 0 Å². The molecule has 4 heteroatoms. The van der Waals surface area contributed by atoms with Gasteiger partial charge in [0.2, 0.25) is 5.91 Å². The van der Waals surface area contributed by atoms with E-state index in [0.29, 0.717) is 18.5 Å². The molecule has 2 aliphatic heterocycles. The van der Waals surface area contributed by atoms with Crippen molar-refractivity contribution in [3.63, 3.8) is 0 Å². The number of nitrogens with one attached hydrogen (secondary N) is 1. The third-order valence-corrected chi connectivity index (χ3v) is 4.81. The van der Waals surface area contributed by atoms with Crippen LogP contribution in [0.1, 0.15) is 38.5 Å². The van der Waals surface area contributed by atoms with E-state index in [1.54, 1.807) is 0 Å². The van der Waals surface area contributed by atoms with Gasteiger partial charge in [0.1, 0.15) is 0 Å². The Morgan fingerprint density at radius 2 is 1.79 bits per heavy atom. The van der Waals surface area contributed by atoms with E-state index in [4.69, 9.17) is 0 Å². The molecule has 1 amide bonds. The van der Waals surface area contributed by atoms with Gasteiger partial charge in [0.25, 0.3) is 0 Å². The van der Waals surface area contributed by atoms with Crippen molar-refractivity contribution in [2.75, 3.05) is 39.3 Å². The van der Waals surface area contributed by atoms with Gasteiger partial charge in [-0.2, -0.15) is 0 Å². The molecule has 0 aromatic carbocycles. The van der Waals surface area contributed by atoms with Gasteiger partial charge in [-0.05, 0) is 57.5 Å². The van der Waals surface area contributed by atoms with Crippen molar-refractivity contribution < 1.29 is 4.79 Å². The van der Waals surface area contributed by atoms with Crippen molar-refractivity contribution in [1.29, 1.82) is 0 Å². The van der Waals surface area contributed by atoms with Crippen molar-refractivity contribution >= 4 is 5.91 Å². The molecule has 1 aliphatic carbocycles. The number of likely N-dealkylation sites (tertiary alicyclic amines) is 1. The van der Waals surface area contributed by atoms with Crippen molar-refractivity contribution in [2.45, 2.75) is 44.6 Å². The lowest BCUT2D eigenvalue weighted by atomic mass is 9.97. The molecule has 108 valence electrons. The molecule has 0 spiro atoms. The van der Waals surface area contributed by atoms with Crippen LogP contribution in [-0.4, -0.2) is 61.0 Å². The van der Waals surface area contributed by atoms with Crippen LogP contribution in [0.3, 0.4) is 0 Å². The molecule has 1 saturated carbocycles. The molecule has 0 bridgehead atoms. The number of carbonyl (C=O) groups excluding carboxylic acids is 1. The third kappa shape index (κ3) is 3.69. The van der Waals surface area contributed by atoms with E-state index in [2.05, 4.69) is 15.1 Å². The standard InChI is InChI=1S/C15H27N3O/c19-15(17-9-1-2-10-17)12-18(14-3-4-14)11-13-5-7-16-8-6-13/h13-14,16H,1-12H2. The maximum atomic E-state index is 12.3. The summed E-state index contributed by atoms with van der Waals surface area (Å²) in [5, 5.41) is 3.42. The Kier molecular flexibility index (Phi) is 4.38. The van der Waals surface area contributed by atoms with Gasteiger partial charge in [0.05, 0.1) is 6.54 Å². The second kappa shape index (κ2) is 6.23. The van der Waals surface area contributed by atoms with Crippen LogP contribution in [0.2, 0.25) is 0 Å². The number of carbonyl (C=O) groups is 1. The molecule has 19 heavy (non-hydrogen) atoms. The first-order chi connectivity index (χ1) is 9.33. The maximum absolute atomic E-state index is 12.3. The first kappa shape index (κ1) is 13.4. The monoisotopic (exact) mass is 265 g/mol. The Morgan fingerprint density at radius 3 is 2.42 bits per heavy atom. The minimum Gasteiger partial charge on any atom is -0.342 e. The van der Waals surface area contributed by atoms with Crippen molar-refractivity contribution in [3.8, 4) is 0 Å². The largest absolute Gasteiger partial charge is 0.342 e. The number of rotatable bonds is 5. The lowest BCUT2D eigenvalue weighted by Crippen LogP contribution is -2.43.